The average Bonchev–Trinajstić information content (AvgIpc) is 3.13. The lowest BCUT2D eigenvalue weighted by Gasteiger charge is -2.22. The number of aromatic nitrogens is 1. The highest BCUT2D eigenvalue weighted by atomic mass is 32.2. The highest BCUT2D eigenvalue weighted by Gasteiger charge is 2.32. The molecular formula is C15H16FN3OS2. The van der Waals surface area contributed by atoms with Crippen molar-refractivity contribution in [1.29, 1.82) is 0 Å². The second kappa shape index (κ2) is 6.36. The summed E-state index contributed by atoms with van der Waals surface area (Å²) < 4.78 is 13.1. The molecule has 22 heavy (non-hydrogen) atoms. The second-order valence-electron chi connectivity index (χ2n) is 5.08. The lowest BCUT2D eigenvalue weighted by atomic mass is 10.1. The van der Waals surface area contributed by atoms with Crippen LogP contribution in [0.5, 0.6) is 0 Å². The Balaban J connectivity index is 1.97. The minimum atomic E-state index is -0.294. The minimum absolute atomic E-state index is 0.0561. The van der Waals surface area contributed by atoms with Crippen molar-refractivity contribution >= 4 is 29.0 Å². The van der Waals surface area contributed by atoms with Crippen LogP contribution in [0.1, 0.15) is 15.5 Å². The van der Waals surface area contributed by atoms with Crippen LogP contribution in [0.3, 0.4) is 0 Å². The molecule has 0 radical (unpaired) electrons. The van der Waals surface area contributed by atoms with Crippen LogP contribution >= 0.6 is 23.1 Å². The molecule has 1 aromatic heterocycles. The molecular weight excluding hydrogens is 321 g/mol. The molecule has 1 unspecified atom stereocenters. The van der Waals surface area contributed by atoms with Gasteiger partial charge in [-0.3, -0.25) is 4.79 Å². The van der Waals surface area contributed by atoms with E-state index in [-0.39, 0.29) is 17.8 Å². The first-order valence-corrected chi connectivity index (χ1v) is 8.89. The van der Waals surface area contributed by atoms with Gasteiger partial charge in [0.15, 0.2) is 0 Å². The molecule has 0 spiro atoms. The SMILES string of the molecule is Cc1nc(C(=O)N2CSCC2CN)c(-c2ccc(F)cc2)s1. The molecule has 3 rings (SSSR count). The Morgan fingerprint density at radius 2 is 2.18 bits per heavy atom. The van der Waals surface area contributed by atoms with Crippen LogP contribution in [-0.2, 0) is 0 Å². The first-order chi connectivity index (χ1) is 10.6. The molecule has 2 N–H and O–H groups in total. The van der Waals surface area contributed by atoms with E-state index in [0.29, 0.717) is 18.1 Å². The molecule has 1 fully saturated rings. The number of amides is 1. The van der Waals surface area contributed by atoms with Gasteiger partial charge in [-0.2, -0.15) is 0 Å². The van der Waals surface area contributed by atoms with E-state index in [1.54, 1.807) is 28.8 Å². The van der Waals surface area contributed by atoms with Gasteiger partial charge in [-0.25, -0.2) is 9.37 Å². The molecule has 2 aromatic rings. The quantitative estimate of drug-likeness (QED) is 0.935. The molecule has 0 aliphatic carbocycles. The fourth-order valence-corrected chi connectivity index (χ4v) is 4.54. The van der Waals surface area contributed by atoms with Crippen molar-refractivity contribution in [3.8, 4) is 10.4 Å². The van der Waals surface area contributed by atoms with Crippen LogP contribution in [0.4, 0.5) is 4.39 Å². The summed E-state index contributed by atoms with van der Waals surface area (Å²) in [5, 5.41) is 0.818. The number of thioether (sulfide) groups is 1. The molecule has 1 atom stereocenters. The normalized spacial score (nSPS) is 18.0. The number of hydrogen-bond donors (Lipinski definition) is 1. The maximum Gasteiger partial charge on any atom is 0.274 e. The van der Waals surface area contributed by atoms with E-state index in [4.69, 9.17) is 5.73 Å². The van der Waals surface area contributed by atoms with Gasteiger partial charge in [0.2, 0.25) is 0 Å². The molecule has 1 amide bonds. The van der Waals surface area contributed by atoms with Gasteiger partial charge in [-0.15, -0.1) is 23.1 Å². The van der Waals surface area contributed by atoms with Crippen LogP contribution in [0, 0.1) is 12.7 Å². The Bertz CT molecular complexity index is 687. The van der Waals surface area contributed by atoms with E-state index in [2.05, 4.69) is 4.98 Å². The van der Waals surface area contributed by atoms with Crippen LogP contribution in [0.15, 0.2) is 24.3 Å². The predicted octanol–water partition coefficient (Wildman–Crippen LogP) is 2.73. The van der Waals surface area contributed by atoms with Gasteiger partial charge in [0, 0.05) is 12.3 Å². The molecule has 2 heterocycles. The molecule has 1 aliphatic rings. The van der Waals surface area contributed by atoms with Gasteiger partial charge in [-0.05, 0) is 24.6 Å². The maximum absolute atomic E-state index is 13.1. The number of aryl methyl sites for hydroxylation is 1. The zero-order valence-corrected chi connectivity index (χ0v) is 13.7. The smallest absolute Gasteiger partial charge is 0.274 e. The maximum atomic E-state index is 13.1. The first kappa shape index (κ1) is 15.5. The predicted molar refractivity (Wildman–Crippen MR) is 88.6 cm³/mol. The van der Waals surface area contributed by atoms with Gasteiger partial charge in [0.25, 0.3) is 5.91 Å². The molecule has 1 aromatic carbocycles. The second-order valence-corrected chi connectivity index (χ2v) is 7.28. The number of thiazole rings is 1. The highest BCUT2D eigenvalue weighted by Crippen LogP contribution is 2.33. The summed E-state index contributed by atoms with van der Waals surface area (Å²) in [5.74, 6) is 1.11. The standard InChI is InChI=1S/C15H16FN3OS2/c1-9-18-13(15(20)19-8-21-7-12(19)6-17)14(22-9)10-2-4-11(16)5-3-10/h2-5,12H,6-8,17H2,1H3. The lowest BCUT2D eigenvalue weighted by Crippen LogP contribution is -2.41. The highest BCUT2D eigenvalue weighted by molar-refractivity contribution is 7.99. The van der Waals surface area contributed by atoms with Gasteiger partial charge < -0.3 is 10.6 Å². The van der Waals surface area contributed by atoms with E-state index in [1.165, 1.54) is 23.5 Å². The van der Waals surface area contributed by atoms with Crippen molar-refractivity contribution < 1.29 is 9.18 Å². The van der Waals surface area contributed by atoms with Gasteiger partial charge >= 0.3 is 0 Å². The van der Waals surface area contributed by atoms with E-state index in [1.807, 2.05) is 6.92 Å². The van der Waals surface area contributed by atoms with Crippen LogP contribution in [-0.4, -0.2) is 40.0 Å². The summed E-state index contributed by atoms with van der Waals surface area (Å²) in [6.45, 7) is 2.32. The zero-order valence-electron chi connectivity index (χ0n) is 12.1. The van der Waals surface area contributed by atoms with Crippen LogP contribution in [0.2, 0.25) is 0 Å². The topological polar surface area (TPSA) is 59.2 Å². The van der Waals surface area contributed by atoms with Gasteiger partial charge in [0.1, 0.15) is 11.5 Å². The molecule has 116 valence electrons. The van der Waals surface area contributed by atoms with Gasteiger partial charge in [0.05, 0.1) is 21.8 Å². The Morgan fingerprint density at radius 1 is 1.45 bits per heavy atom. The Kier molecular flexibility index (Phi) is 4.46. The minimum Gasteiger partial charge on any atom is -0.328 e. The van der Waals surface area contributed by atoms with Crippen molar-refractivity contribution in [3.05, 3.63) is 40.8 Å². The summed E-state index contributed by atoms with van der Waals surface area (Å²) in [7, 11) is 0. The van der Waals surface area contributed by atoms with E-state index in [0.717, 1.165) is 21.2 Å². The van der Waals surface area contributed by atoms with Crippen molar-refractivity contribution in [1.82, 2.24) is 9.88 Å². The summed E-state index contributed by atoms with van der Waals surface area (Å²) in [5.41, 5.74) is 7.00. The summed E-state index contributed by atoms with van der Waals surface area (Å²) in [6.07, 6.45) is 0. The third kappa shape index (κ3) is 2.88. The van der Waals surface area contributed by atoms with Crippen molar-refractivity contribution in [2.24, 2.45) is 5.73 Å². The number of carbonyl (C=O) groups excluding carboxylic acids is 1. The summed E-state index contributed by atoms with van der Waals surface area (Å²) in [4.78, 5) is 19.8. The number of benzene rings is 1. The van der Waals surface area contributed by atoms with Crippen molar-refractivity contribution in [2.45, 2.75) is 13.0 Å². The van der Waals surface area contributed by atoms with Crippen molar-refractivity contribution in [2.75, 3.05) is 18.2 Å². The molecule has 4 nitrogen and oxygen atoms in total. The molecule has 1 aliphatic heterocycles. The number of nitrogens with two attached hydrogens (primary N) is 1. The van der Waals surface area contributed by atoms with E-state index in [9.17, 15) is 9.18 Å². The van der Waals surface area contributed by atoms with Crippen LogP contribution < -0.4 is 5.73 Å². The summed E-state index contributed by atoms with van der Waals surface area (Å²) in [6, 6.07) is 6.21. The van der Waals surface area contributed by atoms with Crippen LogP contribution in [0.25, 0.3) is 10.4 Å². The summed E-state index contributed by atoms with van der Waals surface area (Å²) >= 11 is 3.15. The monoisotopic (exact) mass is 337 g/mol. The fraction of sp³-hybridized carbons (Fsp3) is 0.333. The number of hydrogen-bond acceptors (Lipinski definition) is 5. The third-order valence-corrected chi connectivity index (χ3v) is 5.66. The Morgan fingerprint density at radius 3 is 2.86 bits per heavy atom. The third-order valence-electron chi connectivity index (χ3n) is 3.56. The van der Waals surface area contributed by atoms with Crippen molar-refractivity contribution in [3.63, 3.8) is 0 Å². The average molecular weight is 337 g/mol. The molecule has 0 saturated carbocycles. The number of nitrogens with zero attached hydrogens (tertiary/aromatic N) is 2. The first-order valence-electron chi connectivity index (χ1n) is 6.92. The van der Waals surface area contributed by atoms with E-state index >= 15 is 0 Å². The number of rotatable bonds is 3. The van der Waals surface area contributed by atoms with E-state index < -0.39 is 0 Å². The number of carbonyl (C=O) groups is 1. The molecule has 7 heteroatoms. The largest absolute Gasteiger partial charge is 0.328 e. The van der Waals surface area contributed by atoms with Gasteiger partial charge in [-0.1, -0.05) is 12.1 Å². The lowest BCUT2D eigenvalue weighted by molar-refractivity contribution is 0.0748. The fourth-order valence-electron chi connectivity index (χ4n) is 2.41. The molecule has 0 bridgehead atoms. The zero-order chi connectivity index (χ0) is 15.7. The number of halogens is 1. The Hall–Kier alpha value is -1.44. The molecule has 1 saturated heterocycles. The Labute approximate surface area is 136 Å².